The van der Waals surface area contributed by atoms with Crippen LogP contribution in [0.5, 0.6) is 0 Å². The van der Waals surface area contributed by atoms with Crippen molar-refractivity contribution in [2.45, 2.75) is 64.0 Å². The maximum atomic E-state index is 12.3. The third-order valence-corrected chi connectivity index (χ3v) is 4.56. The molecule has 2 aromatic carbocycles. The molecule has 0 saturated carbocycles. The van der Waals surface area contributed by atoms with Gasteiger partial charge in [0.15, 0.2) is 0 Å². The molecular weight excluding hydrogens is 436 g/mol. The Morgan fingerprint density at radius 1 is 0.781 bits per heavy atom. The molecule has 32 heavy (non-hydrogen) atoms. The molecule has 0 saturated heterocycles. The van der Waals surface area contributed by atoms with Gasteiger partial charge in [0, 0.05) is 4.91 Å². The van der Waals surface area contributed by atoms with E-state index in [2.05, 4.69) is 10.0 Å². The lowest BCUT2D eigenvalue weighted by Crippen LogP contribution is -2.05. The van der Waals surface area contributed by atoms with Crippen LogP contribution in [0.3, 0.4) is 0 Å². The van der Waals surface area contributed by atoms with Crippen LogP contribution in [0.4, 0.5) is 26.3 Å². The largest absolute Gasteiger partial charge is 0.416 e. The third-order valence-electron chi connectivity index (χ3n) is 4.56. The summed E-state index contributed by atoms with van der Waals surface area (Å²) in [5.41, 5.74) is 8.15. The number of aliphatic hydroxyl groups excluding tert-OH is 1. The summed E-state index contributed by atoms with van der Waals surface area (Å²) in [6, 6.07) is 8.97. The Morgan fingerprint density at radius 2 is 1.19 bits per heavy atom. The second kappa shape index (κ2) is 12.4. The van der Waals surface area contributed by atoms with E-state index in [1.807, 2.05) is 13.8 Å². The lowest BCUT2D eigenvalue weighted by Gasteiger charge is -2.12. The zero-order valence-corrected chi connectivity index (χ0v) is 17.7. The zero-order valence-electron chi connectivity index (χ0n) is 17.7. The molecule has 0 heterocycles. The quantitative estimate of drug-likeness (QED) is 0.191. The van der Waals surface area contributed by atoms with Gasteiger partial charge in [-0.05, 0) is 53.8 Å². The van der Waals surface area contributed by atoms with Gasteiger partial charge in [-0.2, -0.15) is 26.3 Å². The fraction of sp³-hybridized carbons (Fsp3) is 0.455. The number of halogens is 6. The van der Waals surface area contributed by atoms with Gasteiger partial charge < -0.3 is 5.11 Å². The first-order chi connectivity index (χ1) is 14.9. The molecule has 0 aliphatic heterocycles. The molecule has 10 heteroatoms. The summed E-state index contributed by atoms with van der Waals surface area (Å²) >= 11 is 0. The molecule has 0 aromatic heterocycles. The van der Waals surface area contributed by atoms with Crippen molar-refractivity contribution in [1.29, 1.82) is 0 Å². The van der Waals surface area contributed by atoms with Gasteiger partial charge in [0.25, 0.3) is 0 Å². The summed E-state index contributed by atoms with van der Waals surface area (Å²) in [5.74, 6) is 0. The van der Waals surface area contributed by atoms with Crippen molar-refractivity contribution in [1.82, 2.24) is 0 Å². The second-order valence-electron chi connectivity index (χ2n) is 7.05. The van der Waals surface area contributed by atoms with E-state index >= 15 is 0 Å². The summed E-state index contributed by atoms with van der Waals surface area (Å²) in [6.45, 7) is 3.83. The number of hydrogen-bond acceptors (Lipinski definition) is 2. The first kappa shape index (κ1) is 27.3. The average molecular weight is 461 g/mol. The fourth-order valence-electron chi connectivity index (χ4n) is 2.86. The van der Waals surface area contributed by atoms with Crippen molar-refractivity contribution in [2.75, 3.05) is 0 Å². The molecule has 176 valence electrons. The molecule has 2 atom stereocenters. The van der Waals surface area contributed by atoms with E-state index in [1.54, 1.807) is 0 Å². The second-order valence-corrected chi connectivity index (χ2v) is 7.05. The van der Waals surface area contributed by atoms with Crippen LogP contribution >= 0.6 is 0 Å². The molecule has 0 aliphatic carbocycles. The first-order valence-electron chi connectivity index (χ1n) is 10.0. The number of rotatable bonds is 7. The highest BCUT2D eigenvalue weighted by Crippen LogP contribution is 2.32. The normalized spacial score (nSPS) is 13.4. The average Bonchev–Trinajstić information content (AvgIpc) is 2.73. The van der Waals surface area contributed by atoms with Crippen LogP contribution in [0, 0.1) is 0 Å². The van der Waals surface area contributed by atoms with E-state index in [-0.39, 0.29) is 0 Å². The molecule has 2 unspecified atom stereocenters. The number of nitrogens with zero attached hydrogens (tertiary/aromatic N) is 3. The number of aliphatic hydroxyl groups is 1. The third kappa shape index (κ3) is 8.80. The molecule has 0 spiro atoms. The van der Waals surface area contributed by atoms with Crippen LogP contribution in [-0.4, -0.2) is 5.11 Å². The highest BCUT2D eigenvalue weighted by molar-refractivity contribution is 5.27. The summed E-state index contributed by atoms with van der Waals surface area (Å²) in [4.78, 5) is 2.70. The predicted octanol–water partition coefficient (Wildman–Crippen LogP) is 8.40. The van der Waals surface area contributed by atoms with E-state index in [0.717, 1.165) is 37.1 Å². The maximum Gasteiger partial charge on any atom is 0.416 e. The number of benzene rings is 2. The van der Waals surface area contributed by atoms with Crippen molar-refractivity contribution in [3.05, 3.63) is 81.2 Å². The Bertz CT molecular complexity index is 857. The van der Waals surface area contributed by atoms with Crippen LogP contribution in [0.1, 0.15) is 73.9 Å². The van der Waals surface area contributed by atoms with Crippen molar-refractivity contribution < 1.29 is 31.4 Å². The zero-order chi connectivity index (χ0) is 24.4. The summed E-state index contributed by atoms with van der Waals surface area (Å²) in [5, 5.41) is 13.1. The molecule has 0 aliphatic rings. The number of azide groups is 1. The Morgan fingerprint density at radius 3 is 1.53 bits per heavy atom. The van der Waals surface area contributed by atoms with E-state index < -0.39 is 35.6 Å². The Kier molecular flexibility index (Phi) is 10.6. The van der Waals surface area contributed by atoms with Gasteiger partial charge in [0.1, 0.15) is 0 Å². The number of alkyl halides is 6. The highest BCUT2D eigenvalue weighted by atomic mass is 19.4. The van der Waals surface area contributed by atoms with Crippen LogP contribution in [-0.2, 0) is 12.4 Å². The van der Waals surface area contributed by atoms with Gasteiger partial charge in [0.05, 0.1) is 23.3 Å². The molecule has 2 rings (SSSR count). The predicted molar refractivity (Wildman–Crippen MR) is 110 cm³/mol. The number of hydrogen-bond donors (Lipinski definition) is 1. The fourth-order valence-corrected chi connectivity index (χ4v) is 2.86. The van der Waals surface area contributed by atoms with Crippen molar-refractivity contribution in [3.8, 4) is 0 Å². The van der Waals surface area contributed by atoms with Crippen molar-refractivity contribution >= 4 is 0 Å². The first-order valence-corrected chi connectivity index (χ1v) is 10.0. The minimum Gasteiger partial charge on any atom is -0.388 e. The molecule has 2 aromatic rings. The van der Waals surface area contributed by atoms with Crippen molar-refractivity contribution in [2.24, 2.45) is 5.11 Å². The minimum atomic E-state index is -4.34. The Labute approximate surface area is 182 Å². The van der Waals surface area contributed by atoms with Crippen LogP contribution < -0.4 is 0 Å². The smallest absolute Gasteiger partial charge is 0.388 e. The summed E-state index contributed by atoms with van der Waals surface area (Å²) in [7, 11) is 0. The molecule has 0 amide bonds. The molecule has 4 nitrogen and oxygen atoms in total. The standard InChI is InChI=1S/C11H12F3N3.C11H13F3O/c1-2-3-10(16-17-15)8-4-6-9(7-5-8)11(12,13)14;1-2-3-10(15)8-4-6-9(7-5-8)11(12,13)14/h4-7,10H,2-3H2,1H3;4-7,10,15H,2-3H2,1H3. The van der Waals surface area contributed by atoms with Crippen LogP contribution in [0.15, 0.2) is 53.6 Å². The molecular formula is C22H25F6N3O. The lowest BCUT2D eigenvalue weighted by molar-refractivity contribution is -0.138. The molecule has 0 radical (unpaired) electrons. The minimum absolute atomic E-state index is 0.396. The van der Waals surface area contributed by atoms with Gasteiger partial charge >= 0.3 is 12.4 Å². The Balaban J connectivity index is 0.000000323. The maximum absolute atomic E-state index is 12.3. The van der Waals surface area contributed by atoms with Crippen LogP contribution in [0.2, 0.25) is 0 Å². The summed E-state index contributed by atoms with van der Waals surface area (Å²) < 4.78 is 73.6. The van der Waals surface area contributed by atoms with Crippen LogP contribution in [0.25, 0.3) is 10.4 Å². The highest BCUT2D eigenvalue weighted by Gasteiger charge is 2.30. The topological polar surface area (TPSA) is 69.0 Å². The molecule has 1 N–H and O–H groups in total. The van der Waals surface area contributed by atoms with Gasteiger partial charge in [-0.25, -0.2) is 0 Å². The summed E-state index contributed by atoms with van der Waals surface area (Å²) in [6.07, 6.45) is -6.54. The van der Waals surface area contributed by atoms with Gasteiger partial charge in [-0.3, -0.25) is 0 Å². The monoisotopic (exact) mass is 461 g/mol. The van der Waals surface area contributed by atoms with E-state index in [1.165, 1.54) is 24.3 Å². The van der Waals surface area contributed by atoms with Crippen molar-refractivity contribution in [3.63, 3.8) is 0 Å². The van der Waals surface area contributed by atoms with E-state index in [9.17, 15) is 31.4 Å². The van der Waals surface area contributed by atoms with E-state index in [4.69, 9.17) is 5.53 Å². The molecule has 0 fully saturated rings. The molecule has 0 bridgehead atoms. The van der Waals surface area contributed by atoms with Gasteiger partial charge in [-0.1, -0.05) is 56.1 Å². The van der Waals surface area contributed by atoms with Gasteiger partial charge in [-0.15, -0.1) is 0 Å². The van der Waals surface area contributed by atoms with Gasteiger partial charge in [0.2, 0.25) is 0 Å². The SMILES string of the molecule is CCCC(N=[N+]=[N-])c1ccc(C(F)(F)F)cc1.CCCC(O)c1ccc(C(F)(F)F)cc1. The Hall–Kier alpha value is -2.71. The van der Waals surface area contributed by atoms with E-state index in [0.29, 0.717) is 24.0 Å². The lowest BCUT2D eigenvalue weighted by atomic mass is 10.0.